The summed E-state index contributed by atoms with van der Waals surface area (Å²) in [6.07, 6.45) is -3.39. The Bertz CT molecular complexity index is 1290. The topological polar surface area (TPSA) is 40.6 Å². The highest BCUT2D eigenvalue weighted by Crippen LogP contribution is 2.54. The van der Waals surface area contributed by atoms with Crippen molar-refractivity contribution >= 4 is 11.8 Å². The molecule has 39 heavy (non-hydrogen) atoms. The SMILES string of the molecule is CC(C)(C)C1CC2(C1)C(=O)N(C(c1ccccc1)c1ccccc1)CC(=O)N2Cc1ccc(C(F)(F)F)cc1. The van der Waals surface area contributed by atoms with Crippen LogP contribution in [-0.4, -0.2) is 33.7 Å². The molecule has 3 aromatic rings. The standard InChI is InChI=1S/C32H33F3N2O2/c1-30(2,3)26-18-31(19-26)29(39)36(28(23-10-6-4-7-11-23)24-12-8-5-9-13-24)21-27(38)37(31)20-22-14-16-25(17-15-22)32(33,34)35/h4-17,26,28H,18-21H2,1-3H3. The van der Waals surface area contributed by atoms with Crippen LogP contribution in [0.25, 0.3) is 0 Å². The fourth-order valence-corrected chi connectivity index (χ4v) is 5.94. The van der Waals surface area contributed by atoms with E-state index in [0.717, 1.165) is 23.3 Å². The summed E-state index contributed by atoms with van der Waals surface area (Å²) in [4.78, 5) is 31.7. The van der Waals surface area contributed by atoms with Crippen LogP contribution in [0.3, 0.4) is 0 Å². The zero-order chi connectivity index (χ0) is 28.0. The van der Waals surface area contributed by atoms with E-state index in [1.165, 1.54) is 12.1 Å². The van der Waals surface area contributed by atoms with E-state index in [2.05, 4.69) is 20.8 Å². The molecular weight excluding hydrogens is 501 g/mol. The Morgan fingerprint density at radius 2 is 1.33 bits per heavy atom. The average Bonchev–Trinajstić information content (AvgIpc) is 2.86. The second-order valence-electron chi connectivity index (χ2n) is 11.8. The third kappa shape index (κ3) is 5.07. The van der Waals surface area contributed by atoms with Crippen LogP contribution in [0.5, 0.6) is 0 Å². The van der Waals surface area contributed by atoms with Gasteiger partial charge in [-0.05, 0) is 53.0 Å². The van der Waals surface area contributed by atoms with E-state index in [0.29, 0.717) is 18.4 Å². The Labute approximate surface area is 227 Å². The Kier molecular flexibility index (Phi) is 6.81. The van der Waals surface area contributed by atoms with E-state index in [1.807, 2.05) is 60.7 Å². The van der Waals surface area contributed by atoms with E-state index >= 15 is 0 Å². The lowest BCUT2D eigenvalue weighted by Crippen LogP contribution is -2.73. The smallest absolute Gasteiger partial charge is 0.322 e. The van der Waals surface area contributed by atoms with Crippen molar-refractivity contribution in [3.63, 3.8) is 0 Å². The van der Waals surface area contributed by atoms with Gasteiger partial charge in [0.25, 0.3) is 0 Å². The van der Waals surface area contributed by atoms with Crippen molar-refractivity contribution < 1.29 is 22.8 Å². The molecule has 4 nitrogen and oxygen atoms in total. The molecule has 1 spiro atoms. The number of alkyl halides is 3. The number of carbonyl (C=O) groups excluding carboxylic acids is 2. The van der Waals surface area contributed by atoms with Gasteiger partial charge in [0.2, 0.25) is 11.8 Å². The van der Waals surface area contributed by atoms with Crippen molar-refractivity contribution in [1.29, 1.82) is 0 Å². The molecule has 5 rings (SSSR count). The first-order chi connectivity index (χ1) is 18.4. The van der Waals surface area contributed by atoms with E-state index in [-0.39, 0.29) is 36.2 Å². The van der Waals surface area contributed by atoms with Crippen molar-refractivity contribution in [3.8, 4) is 0 Å². The van der Waals surface area contributed by atoms with Crippen molar-refractivity contribution in [2.45, 2.75) is 57.9 Å². The van der Waals surface area contributed by atoms with Crippen molar-refractivity contribution in [1.82, 2.24) is 9.80 Å². The van der Waals surface area contributed by atoms with Crippen LogP contribution in [0.2, 0.25) is 0 Å². The minimum atomic E-state index is -4.44. The molecule has 2 fully saturated rings. The lowest BCUT2D eigenvalue weighted by atomic mass is 9.57. The van der Waals surface area contributed by atoms with Gasteiger partial charge in [-0.1, -0.05) is 93.6 Å². The minimum Gasteiger partial charge on any atom is -0.322 e. The summed E-state index contributed by atoms with van der Waals surface area (Å²) >= 11 is 0. The number of halogens is 3. The quantitative estimate of drug-likeness (QED) is 0.359. The van der Waals surface area contributed by atoms with Gasteiger partial charge < -0.3 is 9.80 Å². The normalized spacial score (nSPS) is 22.0. The Balaban J connectivity index is 1.52. The Morgan fingerprint density at radius 1 is 0.821 bits per heavy atom. The first-order valence-corrected chi connectivity index (χ1v) is 13.3. The zero-order valence-corrected chi connectivity index (χ0v) is 22.4. The average molecular weight is 535 g/mol. The van der Waals surface area contributed by atoms with Gasteiger partial charge in [-0.2, -0.15) is 13.2 Å². The maximum atomic E-state index is 14.5. The van der Waals surface area contributed by atoms with Crippen LogP contribution >= 0.6 is 0 Å². The van der Waals surface area contributed by atoms with Crippen LogP contribution in [0.4, 0.5) is 13.2 Å². The summed E-state index contributed by atoms with van der Waals surface area (Å²) in [5, 5.41) is 0. The summed E-state index contributed by atoms with van der Waals surface area (Å²) < 4.78 is 39.4. The summed E-state index contributed by atoms with van der Waals surface area (Å²) in [6.45, 7) is 6.39. The summed E-state index contributed by atoms with van der Waals surface area (Å²) in [6, 6.07) is 23.8. The van der Waals surface area contributed by atoms with Crippen molar-refractivity contribution in [2.75, 3.05) is 6.54 Å². The van der Waals surface area contributed by atoms with Crippen molar-refractivity contribution in [3.05, 3.63) is 107 Å². The van der Waals surface area contributed by atoms with Gasteiger partial charge in [-0.25, -0.2) is 0 Å². The first-order valence-electron chi connectivity index (χ1n) is 13.3. The Hall–Kier alpha value is -3.61. The largest absolute Gasteiger partial charge is 0.416 e. The minimum absolute atomic E-state index is 0.0465. The summed E-state index contributed by atoms with van der Waals surface area (Å²) in [5.74, 6) is -0.0675. The van der Waals surface area contributed by atoms with Gasteiger partial charge in [-0.3, -0.25) is 9.59 Å². The third-order valence-electron chi connectivity index (χ3n) is 8.34. The fraction of sp³-hybridized carbons (Fsp3) is 0.375. The van der Waals surface area contributed by atoms with Gasteiger partial charge in [-0.15, -0.1) is 0 Å². The molecule has 1 aliphatic heterocycles. The number of nitrogens with zero attached hydrogens (tertiary/aromatic N) is 2. The van der Waals surface area contributed by atoms with Gasteiger partial charge in [0.1, 0.15) is 12.1 Å². The number of hydrogen-bond acceptors (Lipinski definition) is 2. The zero-order valence-electron chi connectivity index (χ0n) is 22.4. The molecule has 0 unspecified atom stereocenters. The number of carbonyl (C=O) groups is 2. The van der Waals surface area contributed by atoms with Gasteiger partial charge in [0.15, 0.2) is 0 Å². The van der Waals surface area contributed by atoms with Crippen molar-refractivity contribution in [2.24, 2.45) is 11.3 Å². The predicted octanol–water partition coefficient (Wildman–Crippen LogP) is 6.86. The highest BCUT2D eigenvalue weighted by Gasteiger charge is 2.62. The third-order valence-corrected chi connectivity index (χ3v) is 8.34. The number of piperazine rings is 1. The first kappa shape index (κ1) is 27.0. The van der Waals surface area contributed by atoms with Crippen LogP contribution in [0.15, 0.2) is 84.9 Å². The van der Waals surface area contributed by atoms with Gasteiger partial charge in [0.05, 0.1) is 11.6 Å². The van der Waals surface area contributed by atoms with E-state index in [4.69, 9.17) is 0 Å². The van der Waals surface area contributed by atoms with E-state index in [9.17, 15) is 22.8 Å². The lowest BCUT2D eigenvalue weighted by Gasteiger charge is -2.60. The molecule has 2 aliphatic rings. The molecule has 7 heteroatoms. The fourth-order valence-electron chi connectivity index (χ4n) is 5.94. The van der Waals surface area contributed by atoms with Crippen LogP contribution in [0.1, 0.15) is 61.9 Å². The molecule has 204 valence electrons. The van der Waals surface area contributed by atoms with Crippen LogP contribution in [0, 0.1) is 11.3 Å². The van der Waals surface area contributed by atoms with Gasteiger partial charge in [0, 0.05) is 6.54 Å². The maximum Gasteiger partial charge on any atom is 0.416 e. The molecule has 0 N–H and O–H groups in total. The molecule has 0 bridgehead atoms. The summed E-state index contributed by atoms with van der Waals surface area (Å²) in [7, 11) is 0. The Morgan fingerprint density at radius 3 is 1.79 bits per heavy atom. The molecule has 2 amide bonds. The van der Waals surface area contributed by atoms with Gasteiger partial charge >= 0.3 is 6.18 Å². The predicted molar refractivity (Wildman–Crippen MR) is 143 cm³/mol. The summed E-state index contributed by atoms with van der Waals surface area (Å²) in [5.41, 5.74) is 0.593. The molecule has 0 atom stereocenters. The van der Waals surface area contributed by atoms with E-state index < -0.39 is 23.3 Å². The molecule has 1 heterocycles. The molecule has 3 aromatic carbocycles. The van der Waals surface area contributed by atoms with Crippen LogP contribution in [-0.2, 0) is 22.3 Å². The highest BCUT2D eigenvalue weighted by molar-refractivity contribution is 5.99. The number of amides is 2. The number of hydrogen-bond donors (Lipinski definition) is 0. The molecule has 1 saturated carbocycles. The number of benzene rings is 3. The lowest BCUT2D eigenvalue weighted by molar-refractivity contribution is -0.183. The molecule has 1 aliphatic carbocycles. The maximum absolute atomic E-state index is 14.5. The highest BCUT2D eigenvalue weighted by atomic mass is 19.4. The van der Waals surface area contributed by atoms with E-state index in [1.54, 1.807) is 9.80 Å². The van der Waals surface area contributed by atoms with Crippen LogP contribution < -0.4 is 0 Å². The number of rotatable bonds is 5. The molecule has 0 radical (unpaired) electrons. The molecular formula is C32H33F3N2O2. The molecule has 0 aromatic heterocycles. The monoisotopic (exact) mass is 534 g/mol. The second-order valence-corrected chi connectivity index (χ2v) is 11.8. The molecule has 1 saturated heterocycles. The second kappa shape index (κ2) is 9.85.